The Morgan fingerprint density at radius 1 is 0.944 bits per heavy atom. The van der Waals surface area contributed by atoms with E-state index in [1.165, 1.54) is 27.8 Å². The number of aryl methyl sites for hydroxylation is 1. The number of hydrogen-bond donors (Lipinski definition) is 0. The van der Waals surface area contributed by atoms with Gasteiger partial charge in [-0.25, -0.2) is 0 Å². The molecule has 0 saturated heterocycles. The molecule has 0 saturated carbocycles. The smallest absolute Gasteiger partial charge is 0.00940 e. The van der Waals surface area contributed by atoms with Crippen LogP contribution in [-0.4, -0.2) is 0 Å². The van der Waals surface area contributed by atoms with Gasteiger partial charge in [0.05, 0.1) is 0 Å². The van der Waals surface area contributed by atoms with E-state index in [2.05, 4.69) is 62.5 Å². The second-order valence-electron chi connectivity index (χ2n) is 4.39. The highest BCUT2D eigenvalue weighted by atomic mass is 14.1. The van der Waals surface area contributed by atoms with Crippen LogP contribution < -0.4 is 0 Å². The third kappa shape index (κ3) is 2.28. The first-order chi connectivity index (χ1) is 8.77. The molecule has 0 nitrogen and oxygen atoms in total. The quantitative estimate of drug-likeness (QED) is 0.651. The van der Waals surface area contributed by atoms with Crippen molar-refractivity contribution in [1.82, 2.24) is 0 Å². The zero-order valence-electron chi connectivity index (χ0n) is 10.8. The fourth-order valence-corrected chi connectivity index (χ4v) is 2.30. The summed E-state index contributed by atoms with van der Waals surface area (Å²) in [5.74, 6) is 0. The van der Waals surface area contributed by atoms with Crippen LogP contribution in [0.15, 0.2) is 61.7 Å². The first kappa shape index (κ1) is 12.4. The summed E-state index contributed by atoms with van der Waals surface area (Å²) in [5, 5.41) is 0. The Morgan fingerprint density at radius 3 is 2.33 bits per heavy atom. The van der Waals surface area contributed by atoms with Crippen molar-refractivity contribution < 1.29 is 0 Å². The topological polar surface area (TPSA) is 0 Å². The van der Waals surface area contributed by atoms with Gasteiger partial charge in [0.2, 0.25) is 0 Å². The highest BCUT2D eigenvalue weighted by molar-refractivity contribution is 5.78. The minimum atomic E-state index is 0.876. The first-order valence-corrected chi connectivity index (χ1v) is 6.19. The van der Waals surface area contributed by atoms with E-state index in [4.69, 9.17) is 0 Å². The maximum atomic E-state index is 3.96. The lowest BCUT2D eigenvalue weighted by molar-refractivity contribution is 1.26. The lowest BCUT2D eigenvalue weighted by atomic mass is 9.92. The van der Waals surface area contributed by atoms with Gasteiger partial charge in [0, 0.05) is 0 Å². The molecule has 0 aliphatic rings. The van der Waals surface area contributed by atoms with Crippen LogP contribution in [0.3, 0.4) is 0 Å². The van der Waals surface area contributed by atoms with Crippen LogP contribution in [0.1, 0.15) is 16.7 Å². The van der Waals surface area contributed by atoms with Crippen LogP contribution in [-0.2, 0) is 6.42 Å². The molecule has 0 radical (unpaired) electrons. The van der Waals surface area contributed by atoms with Crippen LogP contribution in [0.5, 0.6) is 0 Å². The normalized spacial score (nSPS) is 10.1. The van der Waals surface area contributed by atoms with Crippen molar-refractivity contribution >= 4 is 6.08 Å². The Kier molecular flexibility index (Phi) is 3.78. The maximum absolute atomic E-state index is 3.96. The average molecular weight is 234 g/mol. The zero-order valence-corrected chi connectivity index (χ0v) is 10.8. The van der Waals surface area contributed by atoms with Crippen molar-refractivity contribution in [2.45, 2.75) is 13.3 Å². The Hall–Kier alpha value is -2.08. The van der Waals surface area contributed by atoms with E-state index in [9.17, 15) is 0 Å². The van der Waals surface area contributed by atoms with E-state index >= 15 is 0 Å². The highest BCUT2D eigenvalue weighted by Gasteiger charge is 2.08. The van der Waals surface area contributed by atoms with Crippen molar-refractivity contribution in [3.05, 3.63) is 78.4 Å². The van der Waals surface area contributed by atoms with E-state index in [1.54, 1.807) is 0 Å². The third-order valence-electron chi connectivity index (χ3n) is 3.20. The Balaban J connectivity index is 2.64. The van der Waals surface area contributed by atoms with Crippen molar-refractivity contribution in [2.75, 3.05) is 0 Å². The predicted octanol–water partition coefficient (Wildman–Crippen LogP) is 5.03. The number of benzene rings is 2. The summed E-state index contributed by atoms with van der Waals surface area (Å²) in [6.07, 6.45) is 4.76. The van der Waals surface area contributed by atoms with E-state index < -0.39 is 0 Å². The molecule has 0 amide bonds. The number of rotatable bonds is 4. The molecular weight excluding hydrogens is 216 g/mol. The summed E-state index contributed by atoms with van der Waals surface area (Å²) in [7, 11) is 0. The molecule has 0 unspecified atom stereocenters. The summed E-state index contributed by atoms with van der Waals surface area (Å²) >= 11 is 0. The van der Waals surface area contributed by atoms with Gasteiger partial charge < -0.3 is 0 Å². The van der Waals surface area contributed by atoms with Crippen LogP contribution in [0.2, 0.25) is 0 Å². The molecule has 0 aliphatic carbocycles. The van der Waals surface area contributed by atoms with Crippen molar-refractivity contribution in [1.29, 1.82) is 0 Å². The molecule has 2 aromatic rings. The number of allylic oxidation sites excluding steroid dienone is 1. The molecule has 90 valence electrons. The van der Waals surface area contributed by atoms with Crippen LogP contribution in [0.25, 0.3) is 17.2 Å². The molecule has 0 atom stereocenters. The van der Waals surface area contributed by atoms with Gasteiger partial charge in [0.1, 0.15) is 0 Å². The molecule has 0 heteroatoms. The molecule has 0 heterocycles. The second kappa shape index (κ2) is 5.50. The second-order valence-corrected chi connectivity index (χ2v) is 4.39. The van der Waals surface area contributed by atoms with E-state index in [0.717, 1.165) is 6.42 Å². The van der Waals surface area contributed by atoms with E-state index in [-0.39, 0.29) is 0 Å². The van der Waals surface area contributed by atoms with Crippen molar-refractivity contribution in [2.24, 2.45) is 0 Å². The minimum absolute atomic E-state index is 0.876. The number of hydrogen-bond acceptors (Lipinski definition) is 0. The minimum Gasteiger partial charge on any atom is -0.103 e. The van der Waals surface area contributed by atoms with Gasteiger partial charge >= 0.3 is 0 Å². The largest absolute Gasteiger partial charge is 0.103 e. The molecule has 0 bridgehead atoms. The van der Waals surface area contributed by atoms with Gasteiger partial charge in [0.15, 0.2) is 0 Å². The lowest BCUT2D eigenvalue weighted by Gasteiger charge is -2.13. The van der Waals surface area contributed by atoms with Gasteiger partial charge in [0.25, 0.3) is 0 Å². The summed E-state index contributed by atoms with van der Waals surface area (Å²) < 4.78 is 0. The average Bonchev–Trinajstić information content (AvgIpc) is 2.39. The fraction of sp³-hybridized carbons (Fsp3) is 0.111. The van der Waals surface area contributed by atoms with Crippen molar-refractivity contribution in [3.63, 3.8) is 0 Å². The molecular formula is C18H18. The lowest BCUT2D eigenvalue weighted by Crippen LogP contribution is -1.92. The molecule has 0 aliphatic heterocycles. The monoisotopic (exact) mass is 234 g/mol. The van der Waals surface area contributed by atoms with Crippen LogP contribution in [0.4, 0.5) is 0 Å². The van der Waals surface area contributed by atoms with Gasteiger partial charge in [-0.3, -0.25) is 0 Å². The fourth-order valence-electron chi connectivity index (χ4n) is 2.30. The van der Waals surface area contributed by atoms with E-state index in [1.807, 2.05) is 12.2 Å². The highest BCUT2D eigenvalue weighted by Crippen LogP contribution is 2.30. The Bertz CT molecular complexity index is 576. The Morgan fingerprint density at radius 2 is 1.67 bits per heavy atom. The predicted molar refractivity (Wildman–Crippen MR) is 80.6 cm³/mol. The first-order valence-electron chi connectivity index (χ1n) is 6.19. The summed E-state index contributed by atoms with van der Waals surface area (Å²) in [5.41, 5.74) is 6.31. The van der Waals surface area contributed by atoms with Gasteiger partial charge in [-0.15, -0.1) is 6.58 Å². The van der Waals surface area contributed by atoms with Gasteiger partial charge in [-0.1, -0.05) is 61.2 Å². The molecule has 0 fully saturated rings. The zero-order chi connectivity index (χ0) is 13.0. The summed E-state index contributed by atoms with van der Waals surface area (Å²) in [6, 6.07) is 14.9. The van der Waals surface area contributed by atoms with Crippen LogP contribution in [0, 0.1) is 6.92 Å². The standard InChI is InChI=1S/C18H18/c1-4-9-15-11-8-13-18(16(15)5-2)17-12-7-6-10-14(17)3/h4-8,10-13H,1-2,9H2,3H3. The summed E-state index contributed by atoms with van der Waals surface area (Å²) in [6.45, 7) is 9.91. The molecule has 0 spiro atoms. The van der Waals surface area contributed by atoms with Gasteiger partial charge in [-0.05, 0) is 41.2 Å². The van der Waals surface area contributed by atoms with E-state index in [0.29, 0.717) is 0 Å². The molecule has 18 heavy (non-hydrogen) atoms. The maximum Gasteiger partial charge on any atom is -0.00940 e. The SMILES string of the molecule is C=CCc1cccc(-c2ccccc2C)c1C=C. The van der Waals surface area contributed by atoms with Crippen LogP contribution >= 0.6 is 0 Å². The molecule has 0 N–H and O–H groups in total. The van der Waals surface area contributed by atoms with Gasteiger partial charge in [-0.2, -0.15) is 0 Å². The molecule has 0 aromatic heterocycles. The Labute approximate surface area is 109 Å². The molecule has 2 aromatic carbocycles. The molecule has 2 rings (SSSR count). The third-order valence-corrected chi connectivity index (χ3v) is 3.20. The summed E-state index contributed by atoms with van der Waals surface area (Å²) in [4.78, 5) is 0. The van der Waals surface area contributed by atoms with Crippen molar-refractivity contribution in [3.8, 4) is 11.1 Å².